The molecule has 7 heteroatoms. The first-order chi connectivity index (χ1) is 10.1. The van der Waals surface area contributed by atoms with Gasteiger partial charge in [-0.1, -0.05) is 0 Å². The number of hydrogen-bond donors (Lipinski definition) is 2. The molecule has 0 radical (unpaired) electrons. The summed E-state index contributed by atoms with van der Waals surface area (Å²) >= 11 is 0. The number of fused-ring (bicyclic) bond motifs is 1. The fourth-order valence-corrected chi connectivity index (χ4v) is 2.58. The Bertz CT molecular complexity index is 727. The Balaban J connectivity index is 1.77. The predicted octanol–water partition coefficient (Wildman–Crippen LogP) is -0.527. The van der Waals surface area contributed by atoms with Crippen LogP contribution in [0.3, 0.4) is 0 Å². The topological polar surface area (TPSA) is 97.1 Å². The van der Waals surface area contributed by atoms with E-state index >= 15 is 0 Å². The van der Waals surface area contributed by atoms with Crippen molar-refractivity contribution in [2.75, 3.05) is 6.54 Å². The van der Waals surface area contributed by atoms with Crippen LogP contribution in [-0.2, 0) is 11.3 Å². The van der Waals surface area contributed by atoms with Gasteiger partial charge < -0.3 is 10.4 Å². The molecule has 3 heterocycles. The number of ketones is 1. The first-order valence-corrected chi connectivity index (χ1v) is 6.87. The molecule has 0 saturated carbocycles. The van der Waals surface area contributed by atoms with Crippen molar-refractivity contribution in [1.29, 1.82) is 0 Å². The number of pyridine rings is 1. The van der Waals surface area contributed by atoms with E-state index in [2.05, 4.69) is 15.3 Å². The highest BCUT2D eigenvalue weighted by molar-refractivity contribution is 5.80. The number of aliphatic hydroxyl groups is 1. The van der Waals surface area contributed by atoms with Crippen molar-refractivity contribution >= 4 is 16.7 Å². The molecule has 0 amide bonds. The van der Waals surface area contributed by atoms with Crippen LogP contribution in [0.15, 0.2) is 29.6 Å². The number of nitrogens with zero attached hydrogens (tertiary/aromatic N) is 3. The van der Waals surface area contributed by atoms with Crippen molar-refractivity contribution < 1.29 is 9.90 Å². The molecule has 0 aromatic carbocycles. The summed E-state index contributed by atoms with van der Waals surface area (Å²) < 4.78 is 1.29. The average Bonchev–Trinajstić information content (AvgIpc) is 2.87. The van der Waals surface area contributed by atoms with E-state index in [1.807, 2.05) is 0 Å². The predicted molar refractivity (Wildman–Crippen MR) is 75.8 cm³/mol. The third-order valence-electron chi connectivity index (χ3n) is 3.73. The fraction of sp³-hybridized carbons (Fsp3) is 0.429. The molecule has 1 fully saturated rings. The van der Waals surface area contributed by atoms with Gasteiger partial charge in [-0.05, 0) is 19.0 Å². The summed E-state index contributed by atoms with van der Waals surface area (Å²) in [4.78, 5) is 32.3. The van der Waals surface area contributed by atoms with Gasteiger partial charge in [0.05, 0.1) is 29.9 Å². The van der Waals surface area contributed by atoms with Crippen LogP contribution in [-0.4, -0.2) is 44.1 Å². The maximum atomic E-state index is 12.2. The second-order valence-electron chi connectivity index (χ2n) is 5.23. The van der Waals surface area contributed by atoms with Crippen LogP contribution in [0.1, 0.15) is 12.8 Å². The van der Waals surface area contributed by atoms with Crippen molar-refractivity contribution in [3.8, 4) is 0 Å². The quantitative estimate of drug-likeness (QED) is 0.785. The van der Waals surface area contributed by atoms with Crippen molar-refractivity contribution in [2.24, 2.45) is 0 Å². The molecule has 2 N–H and O–H groups in total. The molecule has 7 nitrogen and oxygen atoms in total. The van der Waals surface area contributed by atoms with Gasteiger partial charge in [-0.25, -0.2) is 4.98 Å². The molecule has 1 aliphatic rings. The highest BCUT2D eigenvalue weighted by atomic mass is 16.3. The Morgan fingerprint density at radius 2 is 2.38 bits per heavy atom. The van der Waals surface area contributed by atoms with E-state index in [-0.39, 0.29) is 30.3 Å². The lowest BCUT2D eigenvalue weighted by atomic mass is 10.1. The van der Waals surface area contributed by atoms with E-state index in [9.17, 15) is 14.7 Å². The zero-order valence-electron chi connectivity index (χ0n) is 11.4. The number of hydrogen-bond acceptors (Lipinski definition) is 6. The molecule has 0 aliphatic carbocycles. The van der Waals surface area contributed by atoms with E-state index in [4.69, 9.17) is 0 Å². The number of carbonyl (C=O) groups excluding carboxylic acids is 1. The Kier molecular flexibility index (Phi) is 3.76. The lowest BCUT2D eigenvalue weighted by molar-refractivity contribution is -0.120. The van der Waals surface area contributed by atoms with E-state index < -0.39 is 6.10 Å². The van der Waals surface area contributed by atoms with E-state index in [1.54, 1.807) is 12.3 Å². The second-order valence-corrected chi connectivity index (χ2v) is 5.23. The van der Waals surface area contributed by atoms with Crippen LogP contribution in [0.4, 0.5) is 0 Å². The van der Waals surface area contributed by atoms with Gasteiger partial charge >= 0.3 is 0 Å². The van der Waals surface area contributed by atoms with Crippen molar-refractivity contribution in [2.45, 2.75) is 31.5 Å². The highest BCUT2D eigenvalue weighted by Gasteiger charge is 2.26. The summed E-state index contributed by atoms with van der Waals surface area (Å²) in [5, 5.41) is 13.2. The van der Waals surface area contributed by atoms with Gasteiger partial charge in [-0.15, -0.1) is 0 Å². The zero-order valence-corrected chi connectivity index (χ0v) is 11.4. The van der Waals surface area contributed by atoms with Crippen molar-refractivity contribution in [1.82, 2.24) is 19.9 Å². The normalized spacial score (nSPS) is 21.8. The largest absolute Gasteiger partial charge is 0.391 e. The van der Waals surface area contributed by atoms with Crippen LogP contribution in [0.25, 0.3) is 10.9 Å². The monoisotopic (exact) mass is 288 g/mol. The third-order valence-corrected chi connectivity index (χ3v) is 3.73. The fourth-order valence-electron chi connectivity index (χ4n) is 2.58. The summed E-state index contributed by atoms with van der Waals surface area (Å²) in [7, 11) is 0. The second kappa shape index (κ2) is 5.71. The molecule has 0 unspecified atom stereocenters. The Morgan fingerprint density at radius 3 is 3.14 bits per heavy atom. The molecule has 1 saturated heterocycles. The number of aromatic nitrogens is 3. The van der Waals surface area contributed by atoms with Gasteiger partial charge in [-0.2, -0.15) is 0 Å². The molecule has 2 atom stereocenters. The molecular weight excluding hydrogens is 272 g/mol. The van der Waals surface area contributed by atoms with Gasteiger partial charge in [0, 0.05) is 24.9 Å². The van der Waals surface area contributed by atoms with Gasteiger partial charge in [0.1, 0.15) is 0 Å². The van der Waals surface area contributed by atoms with Gasteiger partial charge in [0.25, 0.3) is 5.56 Å². The molecule has 21 heavy (non-hydrogen) atoms. The van der Waals surface area contributed by atoms with E-state index in [1.165, 1.54) is 17.1 Å². The lowest BCUT2D eigenvalue weighted by Crippen LogP contribution is -2.34. The standard InChI is InChI=1S/C14H16N4O3/c19-9(5-12-13(20)2-4-16-12)7-18-8-17-11-1-3-15-6-10(11)14(18)21/h1,3,6,8,12-13,16,20H,2,4-5,7H2/t12-,13+/m1/s1. The number of carbonyl (C=O) groups is 1. The first kappa shape index (κ1) is 13.8. The Labute approximate surface area is 120 Å². The molecule has 2 aromatic rings. The SMILES string of the molecule is O=C(C[C@H]1NCC[C@@H]1O)Cn1cnc2ccncc2c1=O. The molecule has 0 spiro atoms. The maximum absolute atomic E-state index is 12.2. The summed E-state index contributed by atoms with van der Waals surface area (Å²) in [6, 6.07) is 1.44. The molecule has 1 aliphatic heterocycles. The van der Waals surface area contributed by atoms with Crippen LogP contribution in [0, 0.1) is 0 Å². The van der Waals surface area contributed by atoms with Gasteiger partial charge in [0.15, 0.2) is 5.78 Å². The maximum Gasteiger partial charge on any atom is 0.263 e. The molecule has 2 aromatic heterocycles. The smallest absolute Gasteiger partial charge is 0.263 e. The van der Waals surface area contributed by atoms with Crippen molar-refractivity contribution in [3.05, 3.63) is 35.1 Å². The summed E-state index contributed by atoms with van der Waals surface area (Å²) in [5.41, 5.74) is 0.285. The Morgan fingerprint density at radius 1 is 1.52 bits per heavy atom. The number of Topliss-reactive ketones (excluding diaryl/α,β-unsaturated/α-hetero) is 1. The third kappa shape index (κ3) is 2.84. The summed E-state index contributed by atoms with van der Waals surface area (Å²) in [6.07, 6.45) is 4.76. The van der Waals surface area contributed by atoms with Crippen LogP contribution in [0.5, 0.6) is 0 Å². The highest BCUT2D eigenvalue weighted by Crippen LogP contribution is 2.11. The molecule has 3 rings (SSSR count). The molecule has 110 valence electrons. The minimum absolute atomic E-state index is 0.0401. The first-order valence-electron chi connectivity index (χ1n) is 6.87. The van der Waals surface area contributed by atoms with Crippen LogP contribution >= 0.6 is 0 Å². The molecule has 0 bridgehead atoms. The average molecular weight is 288 g/mol. The van der Waals surface area contributed by atoms with Crippen molar-refractivity contribution in [3.63, 3.8) is 0 Å². The number of rotatable bonds is 4. The van der Waals surface area contributed by atoms with E-state index in [0.717, 1.165) is 0 Å². The lowest BCUT2D eigenvalue weighted by Gasteiger charge is -2.14. The summed E-state index contributed by atoms with van der Waals surface area (Å²) in [5.74, 6) is -0.111. The number of aliphatic hydroxyl groups excluding tert-OH is 1. The van der Waals surface area contributed by atoms with Crippen LogP contribution in [0.2, 0.25) is 0 Å². The Hall–Kier alpha value is -2.12. The molecular formula is C14H16N4O3. The summed E-state index contributed by atoms with van der Waals surface area (Å²) in [6.45, 7) is 0.670. The number of nitrogens with one attached hydrogen (secondary N) is 1. The van der Waals surface area contributed by atoms with Gasteiger partial charge in [0.2, 0.25) is 0 Å². The van der Waals surface area contributed by atoms with E-state index in [0.29, 0.717) is 23.9 Å². The minimum atomic E-state index is -0.496. The minimum Gasteiger partial charge on any atom is -0.391 e. The van der Waals surface area contributed by atoms with Crippen LogP contribution < -0.4 is 10.9 Å². The zero-order chi connectivity index (χ0) is 14.8. The van der Waals surface area contributed by atoms with Gasteiger partial charge in [-0.3, -0.25) is 19.1 Å².